The molecule has 0 spiro atoms. The van der Waals surface area contributed by atoms with Crippen molar-refractivity contribution in [2.75, 3.05) is 13.1 Å². The van der Waals surface area contributed by atoms with Crippen molar-refractivity contribution < 1.29 is 9.72 Å². The minimum atomic E-state index is -0.439. The van der Waals surface area contributed by atoms with Crippen LogP contribution in [0.3, 0.4) is 0 Å². The third-order valence-corrected chi connectivity index (χ3v) is 2.14. The van der Waals surface area contributed by atoms with Crippen LogP contribution >= 0.6 is 0 Å². The van der Waals surface area contributed by atoms with Crippen LogP contribution in [0.5, 0.6) is 0 Å². The van der Waals surface area contributed by atoms with Crippen molar-refractivity contribution in [2.45, 2.75) is 13.5 Å². The second-order valence-electron chi connectivity index (χ2n) is 3.48. The lowest BCUT2D eigenvalue weighted by atomic mass is 10.2. The molecule has 2 N–H and O–H groups in total. The Balaban J connectivity index is 2.37. The molecular formula is C11H15N3O3. The van der Waals surface area contributed by atoms with E-state index in [2.05, 4.69) is 10.6 Å². The van der Waals surface area contributed by atoms with E-state index in [1.54, 1.807) is 12.1 Å². The van der Waals surface area contributed by atoms with Gasteiger partial charge in [0.05, 0.1) is 11.5 Å². The molecule has 1 aromatic rings. The maximum atomic E-state index is 11.1. The number of benzene rings is 1. The summed E-state index contributed by atoms with van der Waals surface area (Å²) in [5.41, 5.74) is 0.970. The number of nitro benzene ring substituents is 1. The Morgan fingerprint density at radius 3 is 2.53 bits per heavy atom. The molecule has 17 heavy (non-hydrogen) atoms. The van der Waals surface area contributed by atoms with E-state index in [4.69, 9.17) is 0 Å². The lowest BCUT2D eigenvalue weighted by molar-refractivity contribution is -0.384. The molecule has 0 heterocycles. The second kappa shape index (κ2) is 6.59. The fraction of sp³-hybridized carbons (Fsp3) is 0.364. The predicted octanol–water partition coefficient (Wildman–Crippen LogP) is 0.820. The van der Waals surface area contributed by atoms with Gasteiger partial charge in [0.15, 0.2) is 0 Å². The van der Waals surface area contributed by atoms with Gasteiger partial charge in [-0.25, -0.2) is 0 Å². The average Bonchev–Trinajstić information content (AvgIpc) is 2.30. The highest BCUT2D eigenvalue weighted by Gasteiger charge is 2.04. The van der Waals surface area contributed by atoms with Crippen LogP contribution in [-0.2, 0) is 11.3 Å². The van der Waals surface area contributed by atoms with Crippen LogP contribution in [0.15, 0.2) is 24.3 Å². The summed E-state index contributed by atoms with van der Waals surface area (Å²) >= 11 is 0. The van der Waals surface area contributed by atoms with Gasteiger partial charge >= 0.3 is 0 Å². The van der Waals surface area contributed by atoms with Gasteiger partial charge in [-0.3, -0.25) is 14.9 Å². The summed E-state index contributed by atoms with van der Waals surface area (Å²) in [6, 6.07) is 6.23. The number of amides is 1. The van der Waals surface area contributed by atoms with Crippen LogP contribution in [0.25, 0.3) is 0 Å². The molecule has 1 amide bonds. The Hall–Kier alpha value is -1.95. The van der Waals surface area contributed by atoms with Gasteiger partial charge in [0.2, 0.25) is 5.91 Å². The van der Waals surface area contributed by atoms with Crippen molar-refractivity contribution in [3.05, 3.63) is 39.9 Å². The van der Waals surface area contributed by atoms with Crippen molar-refractivity contribution in [1.29, 1.82) is 0 Å². The van der Waals surface area contributed by atoms with Gasteiger partial charge in [0, 0.05) is 25.2 Å². The summed E-state index contributed by atoms with van der Waals surface area (Å²) < 4.78 is 0. The molecule has 0 atom stereocenters. The average molecular weight is 237 g/mol. The van der Waals surface area contributed by atoms with Crippen molar-refractivity contribution in [1.82, 2.24) is 10.6 Å². The number of rotatable bonds is 6. The minimum absolute atomic E-state index is 0.0607. The van der Waals surface area contributed by atoms with Crippen LogP contribution in [0, 0.1) is 10.1 Å². The molecule has 0 saturated heterocycles. The zero-order chi connectivity index (χ0) is 12.7. The number of hydrogen-bond acceptors (Lipinski definition) is 4. The van der Waals surface area contributed by atoms with E-state index in [-0.39, 0.29) is 18.1 Å². The molecule has 6 nitrogen and oxygen atoms in total. The Kier molecular flexibility index (Phi) is 5.09. The Labute approximate surface area is 99.2 Å². The number of carbonyl (C=O) groups is 1. The number of non-ortho nitro benzene ring substituents is 1. The van der Waals surface area contributed by atoms with Crippen LogP contribution < -0.4 is 10.6 Å². The van der Waals surface area contributed by atoms with Crippen LogP contribution in [0.2, 0.25) is 0 Å². The molecule has 0 unspecified atom stereocenters. The van der Waals surface area contributed by atoms with Gasteiger partial charge in [-0.2, -0.15) is 0 Å². The summed E-state index contributed by atoms with van der Waals surface area (Å²) in [6.45, 7) is 3.21. The van der Waals surface area contributed by atoms with E-state index in [0.717, 1.165) is 5.56 Å². The van der Waals surface area contributed by atoms with Crippen LogP contribution in [-0.4, -0.2) is 23.9 Å². The number of likely N-dealkylation sites (N-methyl/N-ethyl adjacent to an activating group) is 1. The second-order valence-corrected chi connectivity index (χ2v) is 3.48. The molecule has 0 fully saturated rings. The van der Waals surface area contributed by atoms with Crippen molar-refractivity contribution >= 4 is 11.6 Å². The maximum Gasteiger partial charge on any atom is 0.269 e. The first-order valence-electron chi connectivity index (χ1n) is 5.34. The SMILES string of the molecule is CCNC(=O)CNCc1ccc([N+](=O)[O-])cc1. The van der Waals surface area contributed by atoms with Gasteiger partial charge in [0.25, 0.3) is 5.69 Å². The molecule has 0 aromatic heterocycles. The smallest absolute Gasteiger partial charge is 0.269 e. The summed E-state index contributed by atoms with van der Waals surface area (Å²) in [7, 11) is 0. The number of nitrogens with one attached hydrogen (secondary N) is 2. The number of carbonyl (C=O) groups excluding carboxylic acids is 1. The summed E-state index contributed by atoms with van der Waals surface area (Å²) in [5, 5.41) is 16.0. The van der Waals surface area contributed by atoms with Gasteiger partial charge < -0.3 is 10.6 Å². The highest BCUT2D eigenvalue weighted by Crippen LogP contribution is 2.11. The van der Waals surface area contributed by atoms with E-state index >= 15 is 0 Å². The first-order chi connectivity index (χ1) is 8.13. The normalized spacial score (nSPS) is 9.94. The van der Waals surface area contributed by atoms with E-state index in [9.17, 15) is 14.9 Å². The largest absolute Gasteiger partial charge is 0.355 e. The Bertz CT molecular complexity index is 389. The van der Waals surface area contributed by atoms with Crippen LogP contribution in [0.4, 0.5) is 5.69 Å². The monoisotopic (exact) mass is 237 g/mol. The summed E-state index contributed by atoms with van der Waals surface area (Å²) in [4.78, 5) is 21.1. The minimum Gasteiger partial charge on any atom is -0.355 e. The number of hydrogen-bond donors (Lipinski definition) is 2. The molecule has 0 aliphatic rings. The van der Waals surface area contributed by atoms with Crippen molar-refractivity contribution in [3.8, 4) is 0 Å². The summed E-state index contributed by atoms with van der Waals surface area (Å²) in [5.74, 6) is -0.0607. The highest BCUT2D eigenvalue weighted by molar-refractivity contribution is 5.77. The Morgan fingerprint density at radius 1 is 1.35 bits per heavy atom. The van der Waals surface area contributed by atoms with Crippen molar-refractivity contribution in [3.63, 3.8) is 0 Å². The molecule has 0 radical (unpaired) electrons. The van der Waals surface area contributed by atoms with Gasteiger partial charge in [0.1, 0.15) is 0 Å². The zero-order valence-corrected chi connectivity index (χ0v) is 9.60. The van der Waals surface area contributed by atoms with E-state index in [1.807, 2.05) is 6.92 Å². The molecule has 6 heteroatoms. The lowest BCUT2D eigenvalue weighted by Crippen LogP contribution is -2.33. The Morgan fingerprint density at radius 2 is 2.00 bits per heavy atom. The third-order valence-electron chi connectivity index (χ3n) is 2.14. The van der Waals surface area contributed by atoms with Crippen molar-refractivity contribution in [2.24, 2.45) is 0 Å². The zero-order valence-electron chi connectivity index (χ0n) is 9.60. The highest BCUT2D eigenvalue weighted by atomic mass is 16.6. The molecule has 0 aliphatic heterocycles. The standard InChI is InChI=1S/C11H15N3O3/c1-2-13-11(15)8-12-7-9-3-5-10(6-4-9)14(16)17/h3-6,12H,2,7-8H2,1H3,(H,13,15). The fourth-order valence-electron chi connectivity index (χ4n) is 1.32. The topological polar surface area (TPSA) is 84.3 Å². The first-order valence-corrected chi connectivity index (χ1v) is 5.34. The molecule has 0 aliphatic carbocycles. The van der Waals surface area contributed by atoms with E-state index < -0.39 is 4.92 Å². The van der Waals surface area contributed by atoms with E-state index in [1.165, 1.54) is 12.1 Å². The summed E-state index contributed by atoms with van der Waals surface area (Å²) in [6.07, 6.45) is 0. The third kappa shape index (κ3) is 4.60. The predicted molar refractivity (Wildman–Crippen MR) is 63.5 cm³/mol. The molecule has 92 valence electrons. The van der Waals surface area contributed by atoms with E-state index in [0.29, 0.717) is 13.1 Å². The van der Waals surface area contributed by atoms with Gasteiger partial charge in [-0.1, -0.05) is 12.1 Å². The van der Waals surface area contributed by atoms with Gasteiger partial charge in [-0.05, 0) is 12.5 Å². The maximum absolute atomic E-state index is 11.1. The van der Waals surface area contributed by atoms with Gasteiger partial charge in [-0.15, -0.1) is 0 Å². The van der Waals surface area contributed by atoms with Crippen LogP contribution in [0.1, 0.15) is 12.5 Å². The number of nitro groups is 1. The molecule has 1 aromatic carbocycles. The fourth-order valence-corrected chi connectivity index (χ4v) is 1.32. The molecular weight excluding hydrogens is 222 g/mol. The molecule has 1 rings (SSSR count). The lowest BCUT2D eigenvalue weighted by Gasteiger charge is -2.04. The molecule has 0 bridgehead atoms. The number of nitrogens with zero attached hydrogens (tertiary/aromatic N) is 1. The first kappa shape index (κ1) is 13.1. The molecule has 0 saturated carbocycles. The quantitative estimate of drug-likeness (QED) is 0.566.